The van der Waals surface area contributed by atoms with E-state index in [4.69, 9.17) is 9.84 Å². The first-order chi connectivity index (χ1) is 9.58. The number of aromatic nitrogens is 1. The number of nitrogens with one attached hydrogen (secondary N) is 1. The molecule has 21 heavy (non-hydrogen) atoms. The lowest BCUT2D eigenvalue weighted by atomic mass is 10.1. The number of carboxylic acid groups (broad SMARTS) is 1. The lowest BCUT2D eigenvalue weighted by molar-refractivity contribution is -0.137. The number of carbonyl (C=O) groups excluding carboxylic acids is 1. The fourth-order valence-corrected chi connectivity index (χ4v) is 2.79. The van der Waals surface area contributed by atoms with Crippen molar-refractivity contribution in [3.05, 3.63) is 26.9 Å². The second kappa shape index (κ2) is 7.22. The van der Waals surface area contributed by atoms with Crippen LogP contribution in [0.25, 0.3) is 0 Å². The summed E-state index contributed by atoms with van der Waals surface area (Å²) in [5.74, 6) is -1.05. The van der Waals surface area contributed by atoms with Crippen LogP contribution in [-0.2, 0) is 9.53 Å². The molecule has 1 rings (SSSR count). The molecule has 0 spiro atoms. The summed E-state index contributed by atoms with van der Waals surface area (Å²) in [7, 11) is 0. The minimum Gasteiger partial charge on any atom is -0.481 e. The maximum atomic E-state index is 11.8. The van der Waals surface area contributed by atoms with E-state index in [1.165, 1.54) is 6.20 Å². The lowest BCUT2D eigenvalue weighted by Gasteiger charge is -2.23. The van der Waals surface area contributed by atoms with E-state index in [0.29, 0.717) is 10.2 Å². The lowest BCUT2D eigenvalue weighted by Crippen LogP contribution is -2.36. The second-order valence-corrected chi connectivity index (χ2v) is 7.09. The molecule has 1 heterocycles. The summed E-state index contributed by atoms with van der Waals surface area (Å²) in [4.78, 5) is 27.0. The highest BCUT2D eigenvalue weighted by atomic mass is 79.9. The molecule has 0 aromatic carbocycles. The Hall–Kier alpha value is -1.15. The molecule has 0 saturated carbocycles. The number of aliphatic carboxylic acids is 1. The Bertz CT molecular complexity index is 543. The van der Waals surface area contributed by atoms with Gasteiger partial charge in [-0.1, -0.05) is 0 Å². The standard InChI is InChI=1S/C13H16Br2N2O4/c1-13(2,3)21-12(20)17-9(5-10(18)19)11-8(15)4-7(14)6-16-11/h4,6,9H,5H2,1-3H3,(H,17,20)(H,18,19)/t9-/m1/s1. The molecule has 6 nitrogen and oxygen atoms in total. The van der Waals surface area contributed by atoms with Gasteiger partial charge in [0.1, 0.15) is 5.60 Å². The maximum Gasteiger partial charge on any atom is 0.408 e. The number of hydrogen-bond acceptors (Lipinski definition) is 4. The van der Waals surface area contributed by atoms with Gasteiger partial charge in [-0.3, -0.25) is 9.78 Å². The summed E-state index contributed by atoms with van der Waals surface area (Å²) in [5, 5.41) is 11.5. The Morgan fingerprint density at radius 1 is 1.43 bits per heavy atom. The van der Waals surface area contributed by atoms with Gasteiger partial charge in [0.05, 0.1) is 18.2 Å². The van der Waals surface area contributed by atoms with Crippen LogP contribution in [0.4, 0.5) is 4.79 Å². The molecule has 0 fully saturated rings. The molecular weight excluding hydrogens is 408 g/mol. The van der Waals surface area contributed by atoms with Crippen molar-refractivity contribution in [3.63, 3.8) is 0 Å². The molecule has 116 valence electrons. The van der Waals surface area contributed by atoms with Gasteiger partial charge in [-0.25, -0.2) is 4.79 Å². The summed E-state index contributed by atoms with van der Waals surface area (Å²) < 4.78 is 6.48. The van der Waals surface area contributed by atoms with Gasteiger partial charge in [-0.2, -0.15) is 0 Å². The monoisotopic (exact) mass is 422 g/mol. The summed E-state index contributed by atoms with van der Waals surface area (Å²) in [6.07, 6.45) is 0.545. The van der Waals surface area contributed by atoms with Gasteiger partial charge in [0.25, 0.3) is 0 Å². The minimum atomic E-state index is -1.05. The number of rotatable bonds is 4. The summed E-state index contributed by atoms with van der Waals surface area (Å²) in [5.41, 5.74) is -0.242. The molecule has 0 radical (unpaired) electrons. The molecule has 8 heteroatoms. The first kappa shape index (κ1) is 17.9. The molecule has 2 N–H and O–H groups in total. The van der Waals surface area contributed by atoms with Crippen LogP contribution in [0.3, 0.4) is 0 Å². The average molecular weight is 424 g/mol. The van der Waals surface area contributed by atoms with Crippen molar-refractivity contribution in [2.24, 2.45) is 0 Å². The van der Waals surface area contributed by atoms with Gasteiger partial charge in [-0.15, -0.1) is 0 Å². The van der Waals surface area contributed by atoms with Crippen molar-refractivity contribution in [2.75, 3.05) is 0 Å². The number of alkyl carbamates (subject to hydrolysis) is 1. The van der Waals surface area contributed by atoms with Gasteiger partial charge >= 0.3 is 12.1 Å². The number of hydrogen-bond donors (Lipinski definition) is 2. The molecule has 0 saturated heterocycles. The minimum absolute atomic E-state index is 0.299. The van der Waals surface area contributed by atoms with E-state index in [9.17, 15) is 9.59 Å². The first-order valence-corrected chi connectivity index (χ1v) is 7.69. The third-order valence-corrected chi connectivity index (χ3v) is 3.30. The molecule has 1 aromatic rings. The van der Waals surface area contributed by atoms with E-state index in [1.54, 1.807) is 26.8 Å². The Labute approximate surface area is 139 Å². The van der Waals surface area contributed by atoms with E-state index >= 15 is 0 Å². The van der Waals surface area contributed by atoms with Gasteiger partial charge in [0.2, 0.25) is 0 Å². The zero-order chi connectivity index (χ0) is 16.2. The smallest absolute Gasteiger partial charge is 0.408 e. The molecule has 1 aromatic heterocycles. The van der Waals surface area contributed by atoms with Crippen LogP contribution in [0, 0.1) is 0 Å². The van der Waals surface area contributed by atoms with Gasteiger partial charge in [0.15, 0.2) is 0 Å². The van der Waals surface area contributed by atoms with Crippen LogP contribution in [0.15, 0.2) is 21.2 Å². The topological polar surface area (TPSA) is 88.5 Å². The molecular formula is C13H16Br2N2O4. The van der Waals surface area contributed by atoms with E-state index in [1.807, 2.05) is 0 Å². The summed E-state index contributed by atoms with van der Waals surface area (Å²) in [6, 6.07) is 0.938. The highest BCUT2D eigenvalue weighted by Gasteiger charge is 2.24. The van der Waals surface area contributed by atoms with Crippen molar-refractivity contribution in [1.29, 1.82) is 0 Å². The Morgan fingerprint density at radius 2 is 2.05 bits per heavy atom. The van der Waals surface area contributed by atoms with E-state index in [0.717, 1.165) is 4.47 Å². The SMILES string of the molecule is CC(C)(C)OC(=O)N[C@H](CC(=O)O)c1ncc(Br)cc1Br. The number of carboxylic acids is 1. The summed E-state index contributed by atoms with van der Waals surface area (Å²) in [6.45, 7) is 5.19. The molecule has 0 bridgehead atoms. The third-order valence-electron chi connectivity index (χ3n) is 2.24. The number of pyridine rings is 1. The highest BCUT2D eigenvalue weighted by Crippen LogP contribution is 2.26. The molecule has 0 aliphatic heterocycles. The largest absolute Gasteiger partial charge is 0.481 e. The van der Waals surface area contributed by atoms with Crippen LogP contribution >= 0.6 is 31.9 Å². The van der Waals surface area contributed by atoms with E-state index < -0.39 is 23.7 Å². The van der Waals surface area contributed by atoms with Crippen LogP contribution in [0.5, 0.6) is 0 Å². The normalized spacial score (nSPS) is 12.6. The third kappa shape index (κ3) is 6.43. The fraction of sp³-hybridized carbons (Fsp3) is 0.462. The fourth-order valence-electron chi connectivity index (χ4n) is 1.52. The Morgan fingerprint density at radius 3 is 2.52 bits per heavy atom. The van der Waals surface area contributed by atoms with Crippen molar-refractivity contribution in [2.45, 2.75) is 38.8 Å². The number of halogens is 2. The highest BCUT2D eigenvalue weighted by molar-refractivity contribution is 9.11. The Balaban J connectivity index is 2.95. The zero-order valence-electron chi connectivity index (χ0n) is 11.8. The summed E-state index contributed by atoms with van der Waals surface area (Å²) >= 11 is 6.58. The average Bonchev–Trinajstić information content (AvgIpc) is 2.24. The predicted molar refractivity (Wildman–Crippen MR) is 84.0 cm³/mol. The van der Waals surface area contributed by atoms with Crippen molar-refractivity contribution in [1.82, 2.24) is 10.3 Å². The second-order valence-electron chi connectivity index (χ2n) is 5.32. The maximum absolute atomic E-state index is 11.8. The van der Waals surface area contributed by atoms with Crippen molar-refractivity contribution >= 4 is 43.9 Å². The van der Waals surface area contributed by atoms with Crippen LogP contribution in [0.1, 0.15) is 38.9 Å². The number of carbonyl (C=O) groups is 2. The quantitative estimate of drug-likeness (QED) is 0.771. The van der Waals surface area contributed by atoms with E-state index in [-0.39, 0.29) is 6.42 Å². The van der Waals surface area contributed by atoms with Crippen LogP contribution < -0.4 is 5.32 Å². The molecule has 0 aliphatic rings. The van der Waals surface area contributed by atoms with Gasteiger partial charge < -0.3 is 15.2 Å². The number of ether oxygens (including phenoxy) is 1. The van der Waals surface area contributed by atoms with Gasteiger partial charge in [-0.05, 0) is 58.7 Å². The van der Waals surface area contributed by atoms with Crippen LogP contribution in [0.2, 0.25) is 0 Å². The van der Waals surface area contributed by atoms with Crippen molar-refractivity contribution < 1.29 is 19.4 Å². The molecule has 1 amide bonds. The molecule has 0 aliphatic carbocycles. The van der Waals surface area contributed by atoms with Crippen LogP contribution in [-0.4, -0.2) is 27.8 Å². The molecule has 1 atom stereocenters. The Kier molecular flexibility index (Phi) is 6.15. The van der Waals surface area contributed by atoms with E-state index in [2.05, 4.69) is 42.2 Å². The number of amides is 1. The number of nitrogens with zero attached hydrogens (tertiary/aromatic N) is 1. The predicted octanol–water partition coefficient (Wildman–Crippen LogP) is 3.65. The van der Waals surface area contributed by atoms with Gasteiger partial charge in [0, 0.05) is 15.1 Å². The van der Waals surface area contributed by atoms with Crippen molar-refractivity contribution in [3.8, 4) is 0 Å². The first-order valence-electron chi connectivity index (χ1n) is 6.11. The zero-order valence-corrected chi connectivity index (χ0v) is 15.0. The molecule has 0 unspecified atom stereocenters.